The van der Waals surface area contributed by atoms with E-state index in [1.165, 1.54) is 0 Å². The maximum Gasteiger partial charge on any atom is 0.225 e. The Morgan fingerprint density at radius 1 is 1.11 bits per heavy atom. The van der Waals surface area contributed by atoms with Crippen LogP contribution in [-0.4, -0.2) is 41.8 Å². The van der Waals surface area contributed by atoms with Gasteiger partial charge in [0.05, 0.1) is 0 Å². The molecule has 1 aliphatic carbocycles. The fraction of sp³-hybridized carbons (Fsp3) is 0.545. The lowest BCUT2D eigenvalue weighted by Gasteiger charge is -2.33. The average molecular weight is 368 g/mol. The van der Waals surface area contributed by atoms with Crippen LogP contribution in [0.5, 0.6) is 0 Å². The van der Waals surface area contributed by atoms with Gasteiger partial charge in [-0.2, -0.15) is 0 Å². The van der Waals surface area contributed by atoms with E-state index in [1.807, 2.05) is 35.0 Å². The molecule has 2 heterocycles. The van der Waals surface area contributed by atoms with Crippen LogP contribution in [0.15, 0.2) is 28.7 Å². The minimum Gasteiger partial charge on any atom is -0.461 e. The Balaban J connectivity index is 1.41. The van der Waals surface area contributed by atoms with Gasteiger partial charge in [0.15, 0.2) is 0 Å². The number of hydrogen-bond acceptors (Lipinski definition) is 3. The predicted molar refractivity (Wildman–Crippen MR) is 104 cm³/mol. The highest BCUT2D eigenvalue weighted by atomic mass is 16.3. The summed E-state index contributed by atoms with van der Waals surface area (Å²) < 4.78 is 5.96. The fourth-order valence-corrected chi connectivity index (χ4v) is 4.17. The van der Waals surface area contributed by atoms with Crippen LogP contribution in [-0.2, 0) is 22.6 Å². The highest BCUT2D eigenvalue weighted by Gasteiger charge is 2.36. The van der Waals surface area contributed by atoms with E-state index in [0.29, 0.717) is 25.5 Å². The highest BCUT2D eigenvalue weighted by molar-refractivity contribution is 5.84. The number of para-hydroxylation sites is 1. The van der Waals surface area contributed by atoms with Crippen molar-refractivity contribution in [2.24, 2.45) is 11.8 Å². The second-order valence-corrected chi connectivity index (χ2v) is 7.92. The standard InChI is InChI=1S/C22H28N2O3/c1-3-19-18(17-6-4-5-7-20(17)27-19)14-23(2)21(25)16-10-12-24(13-11-16)22(26)15-8-9-15/h4-7,15-16H,3,8-14H2,1-2H3. The monoisotopic (exact) mass is 368 g/mol. The molecule has 1 aliphatic heterocycles. The second kappa shape index (κ2) is 7.37. The Bertz CT molecular complexity index is 844. The van der Waals surface area contributed by atoms with Crippen LogP contribution in [0.2, 0.25) is 0 Å². The van der Waals surface area contributed by atoms with Crippen LogP contribution >= 0.6 is 0 Å². The van der Waals surface area contributed by atoms with Gasteiger partial charge >= 0.3 is 0 Å². The molecule has 27 heavy (non-hydrogen) atoms. The molecule has 0 unspecified atom stereocenters. The number of amides is 2. The smallest absolute Gasteiger partial charge is 0.225 e. The van der Waals surface area contributed by atoms with E-state index in [2.05, 4.69) is 13.0 Å². The third-order valence-corrected chi connectivity index (χ3v) is 5.96. The van der Waals surface area contributed by atoms with Crippen molar-refractivity contribution in [1.29, 1.82) is 0 Å². The Labute approximate surface area is 160 Å². The number of benzene rings is 1. The first-order chi connectivity index (χ1) is 13.1. The summed E-state index contributed by atoms with van der Waals surface area (Å²) in [7, 11) is 1.88. The molecule has 1 aromatic heterocycles. The van der Waals surface area contributed by atoms with Crippen molar-refractivity contribution in [1.82, 2.24) is 9.80 Å². The Morgan fingerprint density at radius 3 is 2.48 bits per heavy atom. The molecule has 144 valence electrons. The summed E-state index contributed by atoms with van der Waals surface area (Å²) in [6.07, 6.45) is 4.44. The van der Waals surface area contributed by atoms with Gasteiger partial charge in [0.1, 0.15) is 11.3 Å². The lowest BCUT2D eigenvalue weighted by molar-refractivity contribution is -0.140. The van der Waals surface area contributed by atoms with Crippen molar-refractivity contribution in [2.75, 3.05) is 20.1 Å². The van der Waals surface area contributed by atoms with E-state index >= 15 is 0 Å². The summed E-state index contributed by atoms with van der Waals surface area (Å²) in [5, 5.41) is 1.10. The van der Waals surface area contributed by atoms with Crippen molar-refractivity contribution in [3.8, 4) is 0 Å². The molecule has 0 spiro atoms. The first-order valence-electron chi connectivity index (χ1n) is 10.1. The van der Waals surface area contributed by atoms with Crippen LogP contribution in [0.1, 0.15) is 43.9 Å². The number of carbonyl (C=O) groups is 2. The Hall–Kier alpha value is -2.30. The van der Waals surface area contributed by atoms with Gasteiger partial charge in [0.25, 0.3) is 0 Å². The molecule has 5 heteroatoms. The number of piperidine rings is 1. The van der Waals surface area contributed by atoms with Gasteiger partial charge in [-0.25, -0.2) is 0 Å². The number of hydrogen-bond donors (Lipinski definition) is 0. The summed E-state index contributed by atoms with van der Waals surface area (Å²) in [6, 6.07) is 8.02. The first kappa shape index (κ1) is 18.1. The molecule has 1 saturated heterocycles. The van der Waals surface area contributed by atoms with Gasteiger partial charge in [-0.1, -0.05) is 25.1 Å². The van der Waals surface area contributed by atoms with Crippen molar-refractivity contribution < 1.29 is 14.0 Å². The van der Waals surface area contributed by atoms with Crippen LogP contribution < -0.4 is 0 Å². The molecule has 0 atom stereocenters. The highest BCUT2D eigenvalue weighted by Crippen LogP contribution is 2.33. The lowest BCUT2D eigenvalue weighted by Crippen LogP contribution is -2.43. The van der Waals surface area contributed by atoms with Gasteiger partial charge in [-0.3, -0.25) is 9.59 Å². The third kappa shape index (κ3) is 3.60. The summed E-state index contributed by atoms with van der Waals surface area (Å²) in [6.45, 7) is 4.08. The largest absolute Gasteiger partial charge is 0.461 e. The van der Waals surface area contributed by atoms with Crippen LogP contribution in [0.3, 0.4) is 0 Å². The quantitative estimate of drug-likeness (QED) is 0.810. The first-order valence-corrected chi connectivity index (χ1v) is 10.1. The molecule has 5 nitrogen and oxygen atoms in total. The number of furan rings is 1. The van der Waals surface area contributed by atoms with E-state index in [9.17, 15) is 9.59 Å². The maximum absolute atomic E-state index is 13.0. The maximum atomic E-state index is 13.0. The number of nitrogens with zero attached hydrogens (tertiary/aromatic N) is 2. The summed E-state index contributed by atoms with van der Waals surface area (Å²) in [4.78, 5) is 29.0. The van der Waals surface area contributed by atoms with E-state index in [1.54, 1.807) is 0 Å². The number of fused-ring (bicyclic) bond motifs is 1. The molecule has 1 saturated carbocycles. The Kier molecular flexibility index (Phi) is 4.94. The Morgan fingerprint density at radius 2 is 1.81 bits per heavy atom. The van der Waals surface area contributed by atoms with Crippen LogP contribution in [0, 0.1) is 11.8 Å². The second-order valence-electron chi connectivity index (χ2n) is 7.92. The SMILES string of the molecule is CCc1oc2ccccc2c1CN(C)C(=O)C1CCN(C(=O)C2CC2)CC1. The van der Waals surface area contributed by atoms with Gasteiger partial charge < -0.3 is 14.2 Å². The van der Waals surface area contributed by atoms with E-state index in [0.717, 1.165) is 54.4 Å². The van der Waals surface area contributed by atoms with Gasteiger partial charge in [0, 0.05) is 55.9 Å². The van der Waals surface area contributed by atoms with E-state index in [-0.39, 0.29) is 17.7 Å². The molecular formula is C22H28N2O3. The molecule has 0 bridgehead atoms. The number of rotatable bonds is 5. The molecule has 2 fully saturated rings. The molecule has 2 amide bonds. The van der Waals surface area contributed by atoms with Crippen LogP contribution in [0.4, 0.5) is 0 Å². The molecular weight excluding hydrogens is 340 g/mol. The van der Waals surface area contributed by atoms with E-state index < -0.39 is 0 Å². The average Bonchev–Trinajstić information content (AvgIpc) is 3.50. The number of aryl methyl sites for hydroxylation is 1. The molecule has 2 aliphatic rings. The lowest BCUT2D eigenvalue weighted by atomic mass is 9.94. The number of likely N-dealkylation sites (tertiary alicyclic amines) is 1. The predicted octanol–water partition coefficient (Wildman–Crippen LogP) is 3.60. The summed E-state index contributed by atoms with van der Waals surface area (Å²) in [5.74, 6) is 1.72. The zero-order valence-corrected chi connectivity index (χ0v) is 16.2. The minimum atomic E-state index is 0.0153. The van der Waals surface area contributed by atoms with Gasteiger partial charge in [-0.05, 0) is 31.7 Å². The minimum absolute atomic E-state index is 0.0153. The molecule has 0 N–H and O–H groups in total. The topological polar surface area (TPSA) is 53.8 Å². The van der Waals surface area contributed by atoms with Crippen molar-refractivity contribution in [2.45, 2.75) is 45.6 Å². The van der Waals surface area contributed by atoms with Crippen molar-refractivity contribution in [3.05, 3.63) is 35.6 Å². The summed E-state index contributed by atoms with van der Waals surface area (Å²) in [5.41, 5.74) is 2.00. The molecule has 0 radical (unpaired) electrons. The van der Waals surface area contributed by atoms with Crippen LogP contribution in [0.25, 0.3) is 11.0 Å². The molecule has 4 rings (SSSR count). The third-order valence-electron chi connectivity index (χ3n) is 5.96. The van der Waals surface area contributed by atoms with Gasteiger partial charge in [0.2, 0.25) is 11.8 Å². The summed E-state index contributed by atoms with van der Waals surface area (Å²) >= 11 is 0. The molecule has 1 aromatic carbocycles. The normalized spacial score (nSPS) is 18.1. The van der Waals surface area contributed by atoms with E-state index in [4.69, 9.17) is 4.42 Å². The van der Waals surface area contributed by atoms with Gasteiger partial charge in [-0.15, -0.1) is 0 Å². The van der Waals surface area contributed by atoms with Crippen molar-refractivity contribution >= 4 is 22.8 Å². The number of carbonyl (C=O) groups excluding carboxylic acids is 2. The fourth-order valence-electron chi connectivity index (χ4n) is 4.17. The van der Waals surface area contributed by atoms with Crippen molar-refractivity contribution in [3.63, 3.8) is 0 Å². The zero-order chi connectivity index (χ0) is 19.0. The molecule has 2 aromatic rings. The zero-order valence-electron chi connectivity index (χ0n) is 16.2.